The molecule has 2 atom stereocenters. The maximum absolute atomic E-state index is 12.4. The summed E-state index contributed by atoms with van der Waals surface area (Å²) >= 11 is 1.20. The number of thiophene rings is 1. The molecule has 0 aliphatic heterocycles. The molecule has 1 aliphatic rings. The van der Waals surface area contributed by atoms with Gasteiger partial charge in [0.15, 0.2) is 0 Å². The Balaban J connectivity index is 2.43. The van der Waals surface area contributed by atoms with Gasteiger partial charge >= 0.3 is 0 Å². The summed E-state index contributed by atoms with van der Waals surface area (Å²) in [5, 5.41) is 1.74. The van der Waals surface area contributed by atoms with E-state index in [0.717, 1.165) is 12.8 Å². The van der Waals surface area contributed by atoms with Crippen molar-refractivity contribution in [3.8, 4) is 0 Å². The first kappa shape index (κ1) is 12.0. The van der Waals surface area contributed by atoms with Crippen molar-refractivity contribution in [2.45, 2.75) is 40.8 Å². The predicted octanol–water partition coefficient (Wildman–Crippen LogP) is 1.08. The highest BCUT2D eigenvalue weighted by Crippen LogP contribution is 2.35. The standard InChI is InChI=1S/C10H16N2O2S2/c11-8-4-1-2-6-10(8,12)16(13,14)9-5-3-7-15-9/h3,5,7-8H,1-2,4,6,11-12H2. The summed E-state index contributed by atoms with van der Waals surface area (Å²) in [5.74, 6) is 0. The Morgan fingerprint density at radius 1 is 1.44 bits per heavy atom. The summed E-state index contributed by atoms with van der Waals surface area (Å²) < 4.78 is 25.1. The molecular formula is C10H16N2O2S2. The topological polar surface area (TPSA) is 86.2 Å². The summed E-state index contributed by atoms with van der Waals surface area (Å²) in [6, 6.07) is 2.85. The molecule has 0 aromatic carbocycles. The molecule has 16 heavy (non-hydrogen) atoms. The Bertz CT molecular complexity index is 455. The van der Waals surface area contributed by atoms with E-state index in [1.807, 2.05) is 0 Å². The summed E-state index contributed by atoms with van der Waals surface area (Å²) in [5.41, 5.74) is 12.0. The van der Waals surface area contributed by atoms with E-state index in [9.17, 15) is 8.42 Å². The van der Waals surface area contributed by atoms with Crippen LogP contribution in [0, 0.1) is 0 Å². The Morgan fingerprint density at radius 2 is 2.19 bits per heavy atom. The van der Waals surface area contributed by atoms with Gasteiger partial charge in [0.05, 0.1) is 0 Å². The van der Waals surface area contributed by atoms with Crippen molar-refractivity contribution in [3.63, 3.8) is 0 Å². The van der Waals surface area contributed by atoms with Gasteiger partial charge in [0.2, 0.25) is 9.84 Å². The van der Waals surface area contributed by atoms with E-state index in [-0.39, 0.29) is 0 Å². The molecule has 1 fully saturated rings. The van der Waals surface area contributed by atoms with Crippen LogP contribution in [0.3, 0.4) is 0 Å². The second-order valence-electron chi connectivity index (χ2n) is 4.24. The Morgan fingerprint density at radius 3 is 2.75 bits per heavy atom. The molecule has 4 N–H and O–H groups in total. The molecule has 1 heterocycles. The molecular weight excluding hydrogens is 244 g/mol. The molecule has 4 nitrogen and oxygen atoms in total. The molecule has 1 aromatic heterocycles. The minimum absolute atomic E-state index is 0.326. The first-order valence-corrected chi connectivity index (χ1v) is 7.67. The van der Waals surface area contributed by atoms with Gasteiger partial charge in [0.1, 0.15) is 9.08 Å². The molecule has 0 saturated heterocycles. The first-order valence-electron chi connectivity index (χ1n) is 5.31. The van der Waals surface area contributed by atoms with Crippen LogP contribution in [-0.4, -0.2) is 19.3 Å². The molecule has 6 heteroatoms. The van der Waals surface area contributed by atoms with Crippen LogP contribution in [0.4, 0.5) is 0 Å². The Kier molecular flexibility index (Phi) is 3.09. The van der Waals surface area contributed by atoms with Crippen LogP contribution in [0.15, 0.2) is 21.7 Å². The molecule has 1 aromatic rings. The molecule has 0 bridgehead atoms. The maximum Gasteiger partial charge on any atom is 0.207 e. The zero-order chi connectivity index (χ0) is 11.8. The number of rotatable bonds is 2. The van der Waals surface area contributed by atoms with Crippen molar-refractivity contribution in [1.82, 2.24) is 0 Å². The van der Waals surface area contributed by atoms with Crippen LogP contribution in [0.2, 0.25) is 0 Å². The maximum atomic E-state index is 12.4. The third-order valence-electron chi connectivity index (χ3n) is 3.22. The number of hydrogen-bond donors (Lipinski definition) is 2. The first-order chi connectivity index (χ1) is 7.48. The van der Waals surface area contributed by atoms with E-state index >= 15 is 0 Å². The lowest BCUT2D eigenvalue weighted by atomic mass is 9.91. The summed E-state index contributed by atoms with van der Waals surface area (Å²) in [6.07, 6.45) is 2.92. The van der Waals surface area contributed by atoms with Gasteiger partial charge in [-0.1, -0.05) is 18.9 Å². The summed E-state index contributed by atoms with van der Waals surface area (Å²) in [7, 11) is -3.50. The predicted molar refractivity (Wildman–Crippen MR) is 64.9 cm³/mol. The number of sulfone groups is 1. The second kappa shape index (κ2) is 4.10. The highest BCUT2D eigenvalue weighted by atomic mass is 32.2. The van der Waals surface area contributed by atoms with E-state index in [2.05, 4.69) is 0 Å². The average molecular weight is 260 g/mol. The second-order valence-corrected chi connectivity index (χ2v) is 7.66. The lowest BCUT2D eigenvalue weighted by Gasteiger charge is -2.37. The van der Waals surface area contributed by atoms with E-state index in [1.165, 1.54) is 11.3 Å². The van der Waals surface area contributed by atoms with Crippen LogP contribution >= 0.6 is 11.3 Å². The van der Waals surface area contributed by atoms with Crippen LogP contribution in [0.5, 0.6) is 0 Å². The quantitative estimate of drug-likeness (QED) is 0.833. The Hall–Kier alpha value is -0.430. The highest BCUT2D eigenvalue weighted by molar-refractivity contribution is 7.94. The largest absolute Gasteiger partial charge is 0.325 e. The zero-order valence-electron chi connectivity index (χ0n) is 8.93. The van der Waals surface area contributed by atoms with Gasteiger partial charge in [-0.05, 0) is 24.3 Å². The van der Waals surface area contributed by atoms with Gasteiger partial charge in [0.25, 0.3) is 0 Å². The van der Waals surface area contributed by atoms with Crippen molar-refractivity contribution >= 4 is 21.2 Å². The van der Waals surface area contributed by atoms with Gasteiger partial charge in [-0.15, -0.1) is 11.3 Å². The van der Waals surface area contributed by atoms with E-state index in [1.54, 1.807) is 17.5 Å². The molecule has 2 rings (SSSR count). The van der Waals surface area contributed by atoms with Crippen molar-refractivity contribution in [3.05, 3.63) is 17.5 Å². The molecule has 90 valence electrons. The van der Waals surface area contributed by atoms with Crippen molar-refractivity contribution in [2.75, 3.05) is 0 Å². The van der Waals surface area contributed by atoms with E-state index < -0.39 is 20.8 Å². The van der Waals surface area contributed by atoms with E-state index in [0.29, 0.717) is 17.1 Å². The SMILES string of the molecule is NC1CCCCC1(N)S(=O)(=O)c1cccs1. The zero-order valence-corrected chi connectivity index (χ0v) is 10.6. The monoisotopic (exact) mass is 260 g/mol. The number of nitrogens with two attached hydrogens (primary N) is 2. The lowest BCUT2D eigenvalue weighted by Crippen LogP contribution is -2.61. The van der Waals surface area contributed by atoms with Gasteiger partial charge in [-0.2, -0.15) is 0 Å². The minimum Gasteiger partial charge on any atom is -0.325 e. The van der Waals surface area contributed by atoms with Crippen LogP contribution in [-0.2, 0) is 9.84 Å². The van der Waals surface area contributed by atoms with Gasteiger partial charge < -0.3 is 11.5 Å². The summed E-state index contributed by atoms with van der Waals surface area (Å²) in [4.78, 5) is -1.28. The molecule has 2 unspecified atom stereocenters. The Labute approximate surface area is 99.6 Å². The van der Waals surface area contributed by atoms with Gasteiger partial charge in [-0.25, -0.2) is 8.42 Å². The summed E-state index contributed by atoms with van der Waals surface area (Å²) in [6.45, 7) is 0. The highest BCUT2D eigenvalue weighted by Gasteiger charge is 2.47. The molecule has 0 amide bonds. The number of hydrogen-bond acceptors (Lipinski definition) is 5. The molecule has 0 radical (unpaired) electrons. The molecule has 1 saturated carbocycles. The minimum atomic E-state index is -3.50. The van der Waals surface area contributed by atoms with Crippen molar-refractivity contribution in [1.29, 1.82) is 0 Å². The smallest absolute Gasteiger partial charge is 0.207 e. The van der Waals surface area contributed by atoms with Crippen LogP contribution in [0.25, 0.3) is 0 Å². The van der Waals surface area contributed by atoms with E-state index in [4.69, 9.17) is 11.5 Å². The molecule has 1 aliphatic carbocycles. The normalized spacial score (nSPS) is 31.5. The van der Waals surface area contributed by atoms with Crippen molar-refractivity contribution < 1.29 is 8.42 Å². The third kappa shape index (κ3) is 1.69. The third-order valence-corrected chi connectivity index (χ3v) is 7.00. The molecule has 0 spiro atoms. The fraction of sp³-hybridized carbons (Fsp3) is 0.600. The van der Waals surface area contributed by atoms with Crippen LogP contribution in [0.1, 0.15) is 25.7 Å². The average Bonchev–Trinajstić information content (AvgIpc) is 2.76. The fourth-order valence-corrected chi connectivity index (χ4v) is 5.28. The van der Waals surface area contributed by atoms with Crippen molar-refractivity contribution in [2.24, 2.45) is 11.5 Å². The van der Waals surface area contributed by atoms with Gasteiger partial charge in [0, 0.05) is 6.04 Å². The lowest BCUT2D eigenvalue weighted by molar-refractivity contribution is 0.333. The van der Waals surface area contributed by atoms with Gasteiger partial charge in [-0.3, -0.25) is 0 Å². The fourth-order valence-electron chi connectivity index (χ4n) is 2.13. The van der Waals surface area contributed by atoms with Crippen LogP contribution < -0.4 is 11.5 Å².